The molecule has 5 nitrogen and oxygen atoms in total. The molecule has 0 amide bonds. The number of hydrogen-bond donors (Lipinski definition) is 2. The Morgan fingerprint density at radius 3 is 2.72 bits per heavy atom. The summed E-state index contributed by atoms with van der Waals surface area (Å²) in [5.74, 6) is -0.686. The summed E-state index contributed by atoms with van der Waals surface area (Å²) in [6.07, 6.45) is 2.31. The summed E-state index contributed by atoms with van der Waals surface area (Å²) in [5, 5.41) is 23.5. The molecule has 0 aromatic heterocycles. The Kier molecular flexibility index (Phi) is 3.54. The fraction of sp³-hybridized carbons (Fsp3) is 0.455. The van der Waals surface area contributed by atoms with Crippen LogP contribution in [0, 0.1) is 15.9 Å². The number of halogens is 2. The van der Waals surface area contributed by atoms with Gasteiger partial charge in [-0.25, -0.2) is 4.39 Å². The van der Waals surface area contributed by atoms with Crippen molar-refractivity contribution in [2.24, 2.45) is 0 Å². The van der Waals surface area contributed by atoms with Gasteiger partial charge in [0.05, 0.1) is 21.1 Å². The lowest BCUT2D eigenvalue weighted by Crippen LogP contribution is -2.43. The number of nitrogens with one attached hydrogen (secondary N) is 1. The first kappa shape index (κ1) is 13.2. The van der Waals surface area contributed by atoms with Gasteiger partial charge >= 0.3 is 0 Å². The van der Waals surface area contributed by atoms with Crippen LogP contribution in [0.4, 0.5) is 15.8 Å². The van der Waals surface area contributed by atoms with Crippen LogP contribution >= 0.6 is 15.9 Å². The Labute approximate surface area is 111 Å². The summed E-state index contributed by atoms with van der Waals surface area (Å²) in [6, 6.07) is 2.17. The SMILES string of the molecule is O=[N+]([O-])c1cc(F)c(Br)cc1NCC1(O)CCC1. The maximum absolute atomic E-state index is 13.2. The number of anilines is 1. The highest BCUT2D eigenvalue weighted by Crippen LogP contribution is 2.34. The number of nitro benzene ring substituents is 1. The number of rotatable bonds is 4. The maximum Gasteiger partial charge on any atom is 0.295 e. The number of nitrogens with zero attached hydrogens (tertiary/aromatic N) is 1. The highest BCUT2D eigenvalue weighted by molar-refractivity contribution is 9.10. The second kappa shape index (κ2) is 4.81. The summed E-state index contributed by atoms with van der Waals surface area (Å²) in [6.45, 7) is 0.228. The van der Waals surface area contributed by atoms with Crippen molar-refractivity contribution < 1.29 is 14.4 Å². The molecular formula is C11H12BrFN2O3. The smallest absolute Gasteiger partial charge is 0.295 e. The summed E-state index contributed by atoms with van der Waals surface area (Å²) in [4.78, 5) is 10.2. The molecule has 0 bridgehead atoms. The van der Waals surface area contributed by atoms with Crippen molar-refractivity contribution in [3.63, 3.8) is 0 Å². The highest BCUT2D eigenvalue weighted by atomic mass is 79.9. The van der Waals surface area contributed by atoms with Gasteiger partial charge in [-0.2, -0.15) is 0 Å². The zero-order valence-electron chi connectivity index (χ0n) is 9.45. The molecular weight excluding hydrogens is 307 g/mol. The van der Waals surface area contributed by atoms with E-state index in [4.69, 9.17) is 0 Å². The van der Waals surface area contributed by atoms with E-state index >= 15 is 0 Å². The van der Waals surface area contributed by atoms with Gasteiger partial charge in [-0.3, -0.25) is 10.1 Å². The molecule has 0 radical (unpaired) electrons. The van der Waals surface area contributed by atoms with Gasteiger partial charge in [-0.1, -0.05) is 0 Å². The average Bonchev–Trinajstić information content (AvgIpc) is 2.27. The van der Waals surface area contributed by atoms with Crippen molar-refractivity contribution >= 4 is 27.3 Å². The standard InChI is InChI=1S/C11H12BrFN2O3/c12-7-4-9(10(15(17)18)5-8(7)13)14-6-11(16)2-1-3-11/h4-5,14,16H,1-3,6H2. The normalized spacial score (nSPS) is 17.1. The number of benzene rings is 1. The van der Waals surface area contributed by atoms with Gasteiger partial charge in [0.25, 0.3) is 5.69 Å². The van der Waals surface area contributed by atoms with Crippen LogP contribution in [-0.2, 0) is 0 Å². The minimum absolute atomic E-state index is 0.149. The minimum Gasteiger partial charge on any atom is -0.388 e. The van der Waals surface area contributed by atoms with Crippen LogP contribution in [-0.4, -0.2) is 22.2 Å². The molecule has 98 valence electrons. The molecule has 1 aromatic rings. The molecule has 1 aliphatic carbocycles. The first-order valence-corrected chi connectivity index (χ1v) is 6.30. The maximum atomic E-state index is 13.2. The lowest BCUT2D eigenvalue weighted by atomic mass is 9.80. The molecule has 7 heteroatoms. The van der Waals surface area contributed by atoms with E-state index < -0.39 is 16.3 Å². The van der Waals surface area contributed by atoms with E-state index in [1.54, 1.807) is 0 Å². The first-order chi connectivity index (χ1) is 8.41. The van der Waals surface area contributed by atoms with E-state index in [9.17, 15) is 19.6 Å². The van der Waals surface area contributed by atoms with Crippen molar-refractivity contribution in [2.45, 2.75) is 24.9 Å². The fourth-order valence-corrected chi connectivity index (χ4v) is 2.19. The zero-order valence-corrected chi connectivity index (χ0v) is 11.0. The van der Waals surface area contributed by atoms with E-state index in [-0.39, 0.29) is 22.4 Å². The Bertz CT molecular complexity index is 491. The summed E-state index contributed by atoms with van der Waals surface area (Å²) in [5.41, 5.74) is -0.929. The lowest BCUT2D eigenvalue weighted by Gasteiger charge is -2.36. The van der Waals surface area contributed by atoms with Crippen molar-refractivity contribution in [3.05, 3.63) is 32.5 Å². The number of nitro groups is 1. The van der Waals surface area contributed by atoms with E-state index in [1.165, 1.54) is 6.07 Å². The monoisotopic (exact) mass is 318 g/mol. The fourth-order valence-electron chi connectivity index (χ4n) is 1.85. The third-order valence-corrected chi connectivity index (χ3v) is 3.74. The molecule has 0 atom stereocenters. The van der Waals surface area contributed by atoms with E-state index in [2.05, 4.69) is 21.2 Å². The molecule has 0 saturated heterocycles. The van der Waals surface area contributed by atoms with Crippen molar-refractivity contribution in [1.82, 2.24) is 0 Å². The Morgan fingerprint density at radius 2 is 2.22 bits per heavy atom. The van der Waals surface area contributed by atoms with E-state index in [1.807, 2.05) is 0 Å². The Morgan fingerprint density at radius 1 is 1.56 bits per heavy atom. The number of hydrogen-bond acceptors (Lipinski definition) is 4. The predicted octanol–water partition coefficient (Wildman–Crippen LogP) is 2.82. The largest absolute Gasteiger partial charge is 0.388 e. The molecule has 18 heavy (non-hydrogen) atoms. The third kappa shape index (κ3) is 2.62. The van der Waals surface area contributed by atoms with Gasteiger partial charge < -0.3 is 10.4 Å². The molecule has 1 aromatic carbocycles. The van der Waals surface area contributed by atoms with Gasteiger partial charge in [0, 0.05) is 6.54 Å². The second-order valence-corrected chi connectivity index (χ2v) is 5.33. The van der Waals surface area contributed by atoms with Gasteiger partial charge in [0.1, 0.15) is 11.5 Å². The van der Waals surface area contributed by atoms with Crippen LogP contribution < -0.4 is 5.32 Å². The molecule has 1 fully saturated rings. The van der Waals surface area contributed by atoms with Crippen LogP contribution in [0.2, 0.25) is 0 Å². The molecule has 1 saturated carbocycles. The predicted molar refractivity (Wildman–Crippen MR) is 68.0 cm³/mol. The third-order valence-electron chi connectivity index (χ3n) is 3.13. The Balaban J connectivity index is 2.20. The van der Waals surface area contributed by atoms with Crippen molar-refractivity contribution in [2.75, 3.05) is 11.9 Å². The Hall–Kier alpha value is -1.21. The van der Waals surface area contributed by atoms with E-state index in [0.717, 1.165) is 12.5 Å². The van der Waals surface area contributed by atoms with Gasteiger partial charge in [0.15, 0.2) is 0 Å². The van der Waals surface area contributed by atoms with Crippen LogP contribution in [0.3, 0.4) is 0 Å². The van der Waals surface area contributed by atoms with Crippen LogP contribution in [0.15, 0.2) is 16.6 Å². The molecule has 0 aliphatic heterocycles. The highest BCUT2D eigenvalue weighted by Gasteiger charge is 2.34. The van der Waals surface area contributed by atoms with Crippen LogP contribution in [0.1, 0.15) is 19.3 Å². The average molecular weight is 319 g/mol. The molecule has 0 spiro atoms. The van der Waals surface area contributed by atoms with Gasteiger partial charge in [-0.15, -0.1) is 0 Å². The molecule has 0 heterocycles. The van der Waals surface area contributed by atoms with Crippen LogP contribution in [0.25, 0.3) is 0 Å². The second-order valence-electron chi connectivity index (χ2n) is 4.47. The van der Waals surface area contributed by atoms with Crippen molar-refractivity contribution in [1.29, 1.82) is 0 Å². The van der Waals surface area contributed by atoms with Gasteiger partial charge in [-0.05, 0) is 41.3 Å². The van der Waals surface area contributed by atoms with E-state index in [0.29, 0.717) is 12.8 Å². The quantitative estimate of drug-likeness (QED) is 0.661. The van der Waals surface area contributed by atoms with Gasteiger partial charge in [0.2, 0.25) is 0 Å². The lowest BCUT2D eigenvalue weighted by molar-refractivity contribution is -0.384. The first-order valence-electron chi connectivity index (χ1n) is 5.51. The molecule has 2 rings (SSSR count). The topological polar surface area (TPSA) is 75.4 Å². The summed E-state index contributed by atoms with van der Waals surface area (Å²) in [7, 11) is 0. The summed E-state index contributed by atoms with van der Waals surface area (Å²) >= 11 is 2.98. The van der Waals surface area contributed by atoms with Crippen molar-refractivity contribution in [3.8, 4) is 0 Å². The minimum atomic E-state index is -0.797. The number of aliphatic hydroxyl groups is 1. The summed E-state index contributed by atoms with van der Waals surface area (Å²) < 4.78 is 13.4. The zero-order chi connectivity index (χ0) is 13.3. The molecule has 1 aliphatic rings. The molecule has 0 unspecified atom stereocenters. The van der Waals surface area contributed by atoms with Crippen LogP contribution in [0.5, 0.6) is 0 Å². The molecule has 2 N–H and O–H groups in total.